The summed E-state index contributed by atoms with van der Waals surface area (Å²) in [7, 11) is 0. The standard InChI is InChI=1S/C36H36F3N5O7/c1-23-18-24(2)42-35(41-23)51-33(34(46)49-16-10-3-4-11-17-50-44(47)48)36(25-12-6-5-7-13-25)28-14-8-9-15-31(28)43(32(45)21-40-36)22-27-29(38)19-26(37)20-30(27)39/h5-9,12-15,18-20,33,40H,3-4,10-11,16-17,21-22H2,1-2H3. The highest BCUT2D eigenvalue weighted by atomic mass is 19.1. The number of para-hydroxylation sites is 1. The maximum Gasteiger partial charge on any atom is 0.350 e. The second kappa shape index (κ2) is 16.4. The molecular formula is C36H36F3N5O7. The van der Waals surface area contributed by atoms with Crippen LogP contribution in [-0.2, 0) is 31.2 Å². The molecule has 1 amide bonds. The van der Waals surface area contributed by atoms with Gasteiger partial charge in [-0.2, -0.15) is 0 Å². The summed E-state index contributed by atoms with van der Waals surface area (Å²) in [5, 5.41) is 12.8. The normalized spacial score (nSPS) is 16.2. The Labute approximate surface area is 291 Å². The van der Waals surface area contributed by atoms with Gasteiger partial charge in [0.15, 0.2) is 0 Å². The molecule has 1 N–H and O–H groups in total. The van der Waals surface area contributed by atoms with Crippen LogP contribution in [0, 0.1) is 41.4 Å². The molecule has 2 atom stereocenters. The first-order chi connectivity index (χ1) is 24.5. The highest BCUT2D eigenvalue weighted by molar-refractivity contribution is 5.97. The zero-order valence-corrected chi connectivity index (χ0v) is 27.9. The number of esters is 1. The highest BCUT2D eigenvalue weighted by Crippen LogP contribution is 2.43. The Bertz CT molecular complexity index is 1840. The Kier molecular flexibility index (Phi) is 11.8. The van der Waals surface area contributed by atoms with Gasteiger partial charge in [0, 0.05) is 40.3 Å². The minimum Gasteiger partial charge on any atom is -0.463 e. The number of amides is 1. The molecule has 5 rings (SSSR count). The number of hydrogen-bond donors (Lipinski definition) is 1. The van der Waals surface area contributed by atoms with Gasteiger partial charge in [-0.25, -0.2) is 27.9 Å². The molecule has 0 saturated heterocycles. The van der Waals surface area contributed by atoms with Crippen molar-refractivity contribution in [2.75, 3.05) is 24.7 Å². The van der Waals surface area contributed by atoms with Crippen LogP contribution in [0.4, 0.5) is 18.9 Å². The molecular weight excluding hydrogens is 671 g/mol. The first kappa shape index (κ1) is 36.7. The Morgan fingerprint density at radius 2 is 1.57 bits per heavy atom. The Morgan fingerprint density at radius 1 is 0.941 bits per heavy atom. The van der Waals surface area contributed by atoms with Crippen LogP contribution in [-0.4, -0.2) is 52.8 Å². The van der Waals surface area contributed by atoms with Crippen molar-refractivity contribution < 1.29 is 42.2 Å². The summed E-state index contributed by atoms with van der Waals surface area (Å²) in [6, 6.07) is 18.0. The third-order valence-electron chi connectivity index (χ3n) is 8.36. The molecule has 2 heterocycles. The number of nitrogens with zero attached hydrogens (tertiary/aromatic N) is 4. The van der Waals surface area contributed by atoms with Crippen LogP contribution in [0.2, 0.25) is 0 Å². The number of anilines is 1. The van der Waals surface area contributed by atoms with E-state index in [2.05, 4.69) is 20.1 Å². The van der Waals surface area contributed by atoms with Crippen LogP contribution < -0.4 is 15.0 Å². The molecule has 4 aromatic rings. The van der Waals surface area contributed by atoms with Crippen LogP contribution in [0.1, 0.15) is 53.8 Å². The van der Waals surface area contributed by atoms with E-state index in [-0.39, 0.29) is 24.9 Å². The predicted molar refractivity (Wildman–Crippen MR) is 177 cm³/mol. The molecule has 2 unspecified atom stereocenters. The molecule has 0 fully saturated rings. The van der Waals surface area contributed by atoms with Gasteiger partial charge in [-0.1, -0.05) is 55.0 Å². The summed E-state index contributed by atoms with van der Waals surface area (Å²) in [4.78, 5) is 52.9. The predicted octanol–water partition coefficient (Wildman–Crippen LogP) is 5.65. The second-order valence-corrected chi connectivity index (χ2v) is 11.9. The monoisotopic (exact) mass is 707 g/mol. The van der Waals surface area contributed by atoms with Crippen molar-refractivity contribution in [3.05, 3.63) is 128 Å². The fourth-order valence-corrected chi connectivity index (χ4v) is 6.09. The van der Waals surface area contributed by atoms with E-state index in [1.54, 1.807) is 74.5 Å². The number of halogens is 3. The highest BCUT2D eigenvalue weighted by Gasteiger charge is 2.52. The van der Waals surface area contributed by atoms with Gasteiger partial charge in [0.25, 0.3) is 5.09 Å². The van der Waals surface area contributed by atoms with E-state index < -0.39 is 64.7 Å². The maximum absolute atomic E-state index is 14.9. The molecule has 0 saturated carbocycles. The molecule has 1 aromatic heterocycles. The van der Waals surface area contributed by atoms with Gasteiger partial charge in [-0.3, -0.25) is 10.1 Å². The quantitative estimate of drug-likeness (QED) is 0.0712. The molecule has 0 bridgehead atoms. The van der Waals surface area contributed by atoms with Gasteiger partial charge in [-0.15, -0.1) is 10.1 Å². The van der Waals surface area contributed by atoms with Crippen molar-refractivity contribution in [2.45, 2.75) is 57.7 Å². The smallest absolute Gasteiger partial charge is 0.350 e. The van der Waals surface area contributed by atoms with Crippen LogP contribution in [0.5, 0.6) is 6.01 Å². The van der Waals surface area contributed by atoms with Crippen molar-refractivity contribution in [1.82, 2.24) is 15.3 Å². The van der Waals surface area contributed by atoms with Gasteiger partial charge < -0.3 is 19.2 Å². The summed E-state index contributed by atoms with van der Waals surface area (Å²) in [6.07, 6.45) is 0.491. The SMILES string of the molecule is Cc1cc(C)nc(OC(C(=O)OCCCCCCO[N+](=O)[O-])C2(c3ccccc3)NCC(=O)N(Cc3c(F)cc(F)cc3F)c3ccccc32)n1. The summed E-state index contributed by atoms with van der Waals surface area (Å²) in [5.74, 6) is -4.84. The number of benzene rings is 3. The zero-order valence-electron chi connectivity index (χ0n) is 27.9. The average molecular weight is 708 g/mol. The number of aromatic nitrogens is 2. The first-order valence-corrected chi connectivity index (χ1v) is 16.3. The number of carbonyl (C=O) groups is 2. The Morgan fingerprint density at radius 3 is 2.24 bits per heavy atom. The van der Waals surface area contributed by atoms with E-state index in [1.165, 1.54) is 4.90 Å². The Hall–Kier alpha value is -5.57. The lowest BCUT2D eigenvalue weighted by molar-refractivity contribution is -0.757. The zero-order chi connectivity index (χ0) is 36.5. The third kappa shape index (κ3) is 8.60. The number of unbranched alkanes of at least 4 members (excludes halogenated alkanes) is 3. The molecule has 0 radical (unpaired) electrons. The summed E-state index contributed by atoms with van der Waals surface area (Å²) in [5.41, 5.74) is -0.0194. The van der Waals surface area contributed by atoms with E-state index in [0.717, 1.165) is 0 Å². The van der Waals surface area contributed by atoms with Crippen LogP contribution >= 0.6 is 0 Å². The van der Waals surface area contributed by atoms with Gasteiger partial charge in [-0.05, 0) is 50.8 Å². The van der Waals surface area contributed by atoms with E-state index in [1.807, 2.05) is 0 Å². The molecule has 0 aliphatic carbocycles. The molecule has 51 heavy (non-hydrogen) atoms. The lowest BCUT2D eigenvalue weighted by atomic mass is 9.77. The van der Waals surface area contributed by atoms with Crippen LogP contribution in [0.15, 0.2) is 72.8 Å². The van der Waals surface area contributed by atoms with E-state index in [4.69, 9.17) is 9.47 Å². The van der Waals surface area contributed by atoms with Crippen LogP contribution in [0.25, 0.3) is 0 Å². The number of rotatable bonds is 15. The van der Waals surface area contributed by atoms with Crippen molar-refractivity contribution in [3.63, 3.8) is 0 Å². The first-order valence-electron chi connectivity index (χ1n) is 16.3. The number of fused-ring (bicyclic) bond motifs is 1. The molecule has 1 aliphatic rings. The summed E-state index contributed by atoms with van der Waals surface area (Å²) >= 11 is 0. The number of nitrogens with one attached hydrogen (secondary N) is 1. The van der Waals surface area contributed by atoms with E-state index in [9.17, 15) is 32.9 Å². The molecule has 1 aliphatic heterocycles. The summed E-state index contributed by atoms with van der Waals surface area (Å²) in [6.45, 7) is 2.40. The second-order valence-electron chi connectivity index (χ2n) is 11.9. The number of ether oxygens (including phenoxy) is 2. The largest absolute Gasteiger partial charge is 0.463 e. The minimum atomic E-state index is -1.67. The third-order valence-corrected chi connectivity index (χ3v) is 8.36. The molecule has 0 spiro atoms. The maximum atomic E-state index is 14.9. The van der Waals surface area contributed by atoms with Gasteiger partial charge in [0.2, 0.25) is 12.0 Å². The van der Waals surface area contributed by atoms with Crippen molar-refractivity contribution in [3.8, 4) is 6.01 Å². The van der Waals surface area contributed by atoms with Crippen molar-refractivity contribution in [1.29, 1.82) is 0 Å². The van der Waals surface area contributed by atoms with E-state index in [0.29, 0.717) is 60.3 Å². The van der Waals surface area contributed by atoms with E-state index >= 15 is 0 Å². The van der Waals surface area contributed by atoms with Crippen LogP contribution in [0.3, 0.4) is 0 Å². The summed E-state index contributed by atoms with van der Waals surface area (Å²) < 4.78 is 55.8. The Balaban J connectivity index is 1.58. The lowest BCUT2D eigenvalue weighted by Crippen LogP contribution is -2.59. The number of carbonyl (C=O) groups excluding carboxylic acids is 2. The lowest BCUT2D eigenvalue weighted by Gasteiger charge is -2.40. The minimum absolute atomic E-state index is 0.0246. The number of hydrogen-bond acceptors (Lipinski definition) is 10. The van der Waals surface area contributed by atoms with Gasteiger partial charge in [0.1, 0.15) is 23.0 Å². The van der Waals surface area contributed by atoms with Crippen molar-refractivity contribution >= 4 is 17.6 Å². The molecule has 15 heteroatoms. The van der Waals surface area contributed by atoms with Gasteiger partial charge >= 0.3 is 12.0 Å². The van der Waals surface area contributed by atoms with Gasteiger partial charge in [0.05, 0.1) is 26.3 Å². The molecule has 268 valence electrons. The molecule has 3 aromatic carbocycles. The van der Waals surface area contributed by atoms with Crippen molar-refractivity contribution in [2.24, 2.45) is 0 Å². The topological polar surface area (TPSA) is 146 Å². The fourth-order valence-electron chi connectivity index (χ4n) is 6.09. The average Bonchev–Trinajstić information content (AvgIpc) is 3.20. The molecule has 12 nitrogen and oxygen atoms in total. The number of aryl methyl sites for hydroxylation is 2. The fraction of sp³-hybridized carbons (Fsp3) is 0.333.